The lowest BCUT2D eigenvalue weighted by atomic mass is 10.2. The Bertz CT molecular complexity index is 698. The van der Waals surface area contributed by atoms with Gasteiger partial charge in [0.2, 0.25) is 11.8 Å². The van der Waals surface area contributed by atoms with Gasteiger partial charge in [0.25, 0.3) is 0 Å². The zero-order valence-corrected chi connectivity index (χ0v) is 15.4. The summed E-state index contributed by atoms with van der Waals surface area (Å²) in [5, 5.41) is 4.21. The number of hydrogen-bond donors (Lipinski definition) is 2. The van der Waals surface area contributed by atoms with E-state index in [0.29, 0.717) is 0 Å². The number of hydrogen-bond acceptors (Lipinski definition) is 5. The van der Waals surface area contributed by atoms with Gasteiger partial charge in [-0.25, -0.2) is 4.79 Å². The number of nitrogens with one attached hydrogen (secondary N) is 2. The highest BCUT2D eigenvalue weighted by Crippen LogP contribution is 2.33. The first-order valence-corrected chi connectivity index (χ1v) is 8.30. The number of benzene rings is 1. The highest BCUT2D eigenvalue weighted by atomic mass is 35.5. The maximum atomic E-state index is 12.8. The van der Waals surface area contributed by atoms with Gasteiger partial charge in [0.05, 0.1) is 36.0 Å². The quantitative estimate of drug-likeness (QED) is 0.723. The lowest BCUT2D eigenvalue weighted by molar-refractivity contribution is -0.137. The van der Waals surface area contributed by atoms with Crippen molar-refractivity contribution < 1.29 is 32.3 Å². The van der Waals surface area contributed by atoms with E-state index >= 15 is 0 Å². The molecule has 2 N–H and O–H groups in total. The van der Waals surface area contributed by atoms with Crippen molar-refractivity contribution in [2.75, 3.05) is 31.6 Å². The Kier molecular flexibility index (Phi) is 8.51. The Morgan fingerprint density at radius 1 is 1.15 bits per heavy atom. The second-order valence-electron chi connectivity index (χ2n) is 5.31. The van der Waals surface area contributed by atoms with Crippen LogP contribution in [0.25, 0.3) is 0 Å². The van der Waals surface area contributed by atoms with E-state index in [1.165, 1.54) is 4.90 Å². The number of anilines is 1. The van der Waals surface area contributed by atoms with Crippen molar-refractivity contribution in [2.45, 2.75) is 20.0 Å². The van der Waals surface area contributed by atoms with Crippen LogP contribution in [0.4, 0.5) is 23.7 Å². The van der Waals surface area contributed by atoms with Gasteiger partial charge in [0.15, 0.2) is 0 Å². The number of imide groups is 1. The molecule has 0 bridgehead atoms. The normalized spacial score (nSPS) is 11.2. The van der Waals surface area contributed by atoms with Gasteiger partial charge in [0.1, 0.15) is 0 Å². The van der Waals surface area contributed by atoms with Crippen molar-refractivity contribution in [3.8, 4) is 0 Å². The minimum atomic E-state index is -4.58. The van der Waals surface area contributed by atoms with Crippen LogP contribution in [0.3, 0.4) is 0 Å². The van der Waals surface area contributed by atoms with Crippen LogP contribution in [-0.4, -0.2) is 49.0 Å². The second kappa shape index (κ2) is 10.1. The summed E-state index contributed by atoms with van der Waals surface area (Å²) in [7, 11) is 0. The van der Waals surface area contributed by atoms with Crippen LogP contribution >= 0.6 is 11.6 Å². The Hall–Kier alpha value is -2.33. The summed E-state index contributed by atoms with van der Waals surface area (Å²) in [6.07, 6.45) is -5.48. The molecule has 0 unspecified atom stereocenters. The fourth-order valence-corrected chi connectivity index (χ4v) is 2.16. The largest absolute Gasteiger partial charge is 0.450 e. The molecule has 1 rings (SSSR count). The van der Waals surface area contributed by atoms with Crippen LogP contribution < -0.4 is 10.6 Å². The van der Waals surface area contributed by atoms with E-state index in [0.717, 1.165) is 18.2 Å². The van der Waals surface area contributed by atoms with Crippen LogP contribution in [0.5, 0.6) is 0 Å². The van der Waals surface area contributed by atoms with Crippen LogP contribution in [0.15, 0.2) is 18.2 Å². The molecule has 150 valence electrons. The summed E-state index contributed by atoms with van der Waals surface area (Å²) in [5.41, 5.74) is -1.15. The highest BCUT2D eigenvalue weighted by Gasteiger charge is 2.31. The van der Waals surface area contributed by atoms with Gasteiger partial charge >= 0.3 is 12.3 Å². The Balaban J connectivity index is 2.69. The third-order valence-corrected chi connectivity index (χ3v) is 3.60. The predicted octanol–water partition coefficient (Wildman–Crippen LogP) is 2.89. The van der Waals surface area contributed by atoms with E-state index in [9.17, 15) is 27.6 Å². The zero-order valence-electron chi connectivity index (χ0n) is 14.7. The number of carbonyl (C=O) groups is 3. The summed E-state index contributed by atoms with van der Waals surface area (Å²) in [6, 6.07) is 2.56. The van der Waals surface area contributed by atoms with Crippen molar-refractivity contribution in [1.82, 2.24) is 10.2 Å². The van der Waals surface area contributed by atoms with E-state index in [-0.39, 0.29) is 37.0 Å². The SMILES string of the molecule is CCOC(=O)NC(=O)CN(CC)CC(=O)Nc1cc(C(F)(F)F)ccc1Cl. The van der Waals surface area contributed by atoms with Crippen molar-refractivity contribution in [3.63, 3.8) is 0 Å². The van der Waals surface area contributed by atoms with Crippen LogP contribution in [-0.2, 0) is 20.5 Å². The van der Waals surface area contributed by atoms with Crippen molar-refractivity contribution in [1.29, 1.82) is 0 Å². The van der Waals surface area contributed by atoms with E-state index < -0.39 is 29.6 Å². The molecule has 0 atom stereocenters. The topological polar surface area (TPSA) is 87.7 Å². The molecular formula is C16H19ClF3N3O4. The Labute approximate surface area is 158 Å². The summed E-state index contributed by atoms with van der Waals surface area (Å²) in [5.74, 6) is -1.35. The van der Waals surface area contributed by atoms with Gasteiger partial charge in [-0.2, -0.15) is 13.2 Å². The van der Waals surface area contributed by atoms with Gasteiger partial charge in [-0.3, -0.25) is 19.8 Å². The number of rotatable bonds is 7. The standard InChI is InChI=1S/C16H19ClF3N3O4/c1-3-23(9-14(25)22-15(26)27-4-2)8-13(24)21-12-7-10(16(18,19)20)5-6-11(12)17/h5-7H,3-4,8-9H2,1-2H3,(H,21,24)(H,22,25,26). The average molecular weight is 410 g/mol. The second-order valence-corrected chi connectivity index (χ2v) is 5.72. The molecule has 3 amide bonds. The molecule has 7 nitrogen and oxygen atoms in total. The molecule has 0 aromatic heterocycles. The molecule has 0 aliphatic heterocycles. The average Bonchev–Trinajstić information content (AvgIpc) is 2.55. The zero-order chi connectivity index (χ0) is 20.6. The molecule has 0 aliphatic rings. The fraction of sp³-hybridized carbons (Fsp3) is 0.438. The molecule has 0 fully saturated rings. The van der Waals surface area contributed by atoms with Crippen LogP contribution in [0, 0.1) is 0 Å². The Morgan fingerprint density at radius 2 is 1.78 bits per heavy atom. The number of ether oxygens (including phenoxy) is 1. The molecule has 0 radical (unpaired) electrons. The van der Waals surface area contributed by atoms with Crippen LogP contribution in [0.1, 0.15) is 19.4 Å². The first-order chi connectivity index (χ1) is 12.6. The molecule has 0 heterocycles. The van der Waals surface area contributed by atoms with E-state index in [2.05, 4.69) is 10.1 Å². The van der Waals surface area contributed by atoms with E-state index in [4.69, 9.17) is 11.6 Å². The first kappa shape index (κ1) is 22.7. The minimum Gasteiger partial charge on any atom is -0.450 e. The molecule has 0 saturated carbocycles. The van der Waals surface area contributed by atoms with Gasteiger partial charge in [-0.05, 0) is 31.7 Å². The minimum absolute atomic E-state index is 0.0561. The number of nitrogens with zero attached hydrogens (tertiary/aromatic N) is 1. The number of halogens is 4. The molecular weight excluding hydrogens is 391 g/mol. The van der Waals surface area contributed by atoms with Crippen molar-refractivity contribution in [2.24, 2.45) is 0 Å². The third kappa shape index (κ3) is 7.83. The molecule has 0 spiro atoms. The van der Waals surface area contributed by atoms with Crippen LogP contribution in [0.2, 0.25) is 5.02 Å². The van der Waals surface area contributed by atoms with E-state index in [1.807, 2.05) is 5.32 Å². The fourth-order valence-electron chi connectivity index (χ4n) is 1.99. The summed E-state index contributed by atoms with van der Waals surface area (Å²) >= 11 is 5.82. The van der Waals surface area contributed by atoms with Gasteiger partial charge in [-0.1, -0.05) is 18.5 Å². The molecule has 0 saturated heterocycles. The highest BCUT2D eigenvalue weighted by molar-refractivity contribution is 6.33. The maximum absolute atomic E-state index is 12.8. The van der Waals surface area contributed by atoms with Gasteiger partial charge < -0.3 is 10.1 Å². The number of amides is 3. The monoisotopic (exact) mass is 409 g/mol. The maximum Gasteiger partial charge on any atom is 0.416 e. The molecule has 1 aromatic carbocycles. The smallest absolute Gasteiger partial charge is 0.416 e. The first-order valence-electron chi connectivity index (χ1n) is 7.92. The van der Waals surface area contributed by atoms with Gasteiger partial charge in [0, 0.05) is 0 Å². The summed E-state index contributed by atoms with van der Waals surface area (Å²) in [6.45, 7) is 3.04. The molecule has 27 heavy (non-hydrogen) atoms. The molecule has 1 aromatic rings. The summed E-state index contributed by atoms with van der Waals surface area (Å²) < 4.78 is 42.8. The number of carbonyl (C=O) groups excluding carboxylic acids is 3. The lowest BCUT2D eigenvalue weighted by Gasteiger charge is -2.19. The Morgan fingerprint density at radius 3 is 2.33 bits per heavy atom. The molecule has 0 aliphatic carbocycles. The van der Waals surface area contributed by atoms with Crippen molar-refractivity contribution in [3.05, 3.63) is 28.8 Å². The van der Waals surface area contributed by atoms with Gasteiger partial charge in [-0.15, -0.1) is 0 Å². The van der Waals surface area contributed by atoms with Crippen molar-refractivity contribution >= 4 is 35.2 Å². The number of alkyl halides is 3. The number of alkyl carbamates (subject to hydrolysis) is 1. The van der Waals surface area contributed by atoms with E-state index in [1.54, 1.807) is 13.8 Å². The summed E-state index contributed by atoms with van der Waals surface area (Å²) in [4.78, 5) is 36.4. The third-order valence-electron chi connectivity index (χ3n) is 3.27. The predicted molar refractivity (Wildman–Crippen MR) is 92.4 cm³/mol. The lowest BCUT2D eigenvalue weighted by Crippen LogP contribution is -2.43. The number of likely N-dealkylation sites (N-methyl/N-ethyl adjacent to an activating group) is 1. The molecule has 11 heteroatoms.